The molecule has 56 valence electrons. The van der Waals surface area contributed by atoms with Gasteiger partial charge in [-0.25, -0.2) is 0 Å². The summed E-state index contributed by atoms with van der Waals surface area (Å²) in [6, 6.07) is 2.61. The summed E-state index contributed by atoms with van der Waals surface area (Å²) in [4.78, 5) is 1.37. The molecule has 1 aromatic rings. The van der Waals surface area contributed by atoms with Crippen LogP contribution in [0.15, 0.2) is 15.9 Å². The van der Waals surface area contributed by atoms with Gasteiger partial charge in [-0.1, -0.05) is 0 Å². The first-order chi connectivity index (χ1) is 4.74. The van der Waals surface area contributed by atoms with Crippen LogP contribution in [0.2, 0.25) is 0 Å². The number of nitrogens with one attached hydrogen (secondary N) is 1. The largest absolute Gasteiger partial charge is 0.313 e. The Balaban J connectivity index is 2.74. The fourth-order valence-electron chi connectivity index (χ4n) is 0.698. The quantitative estimate of drug-likeness (QED) is 0.808. The van der Waals surface area contributed by atoms with Gasteiger partial charge in [0, 0.05) is 20.8 Å². The van der Waals surface area contributed by atoms with Gasteiger partial charge in [0.25, 0.3) is 0 Å². The second kappa shape index (κ2) is 3.51. The monoisotopic (exact) mass is 219 g/mol. The van der Waals surface area contributed by atoms with E-state index >= 15 is 0 Å². The standard InChI is InChI=1S/C7H10BrNS/c1-5(9-2)7-3-6(8)4-10-7/h3-5,9H,1-2H3/t5-/m0/s1. The van der Waals surface area contributed by atoms with Crippen LogP contribution in [0.3, 0.4) is 0 Å². The molecule has 3 heteroatoms. The van der Waals surface area contributed by atoms with E-state index in [4.69, 9.17) is 0 Å². The minimum atomic E-state index is 0.469. The lowest BCUT2D eigenvalue weighted by Crippen LogP contribution is -2.10. The third kappa shape index (κ3) is 1.81. The van der Waals surface area contributed by atoms with Gasteiger partial charge in [0.2, 0.25) is 0 Å². The molecule has 1 heterocycles. The van der Waals surface area contributed by atoms with Crippen molar-refractivity contribution in [2.75, 3.05) is 7.05 Å². The van der Waals surface area contributed by atoms with Crippen LogP contribution in [0.5, 0.6) is 0 Å². The Morgan fingerprint density at radius 3 is 2.80 bits per heavy atom. The summed E-state index contributed by atoms with van der Waals surface area (Å²) < 4.78 is 1.18. The predicted molar refractivity (Wildman–Crippen MR) is 49.5 cm³/mol. The summed E-state index contributed by atoms with van der Waals surface area (Å²) in [5.41, 5.74) is 0. The first kappa shape index (κ1) is 8.24. The molecule has 1 aromatic heterocycles. The molecular formula is C7H10BrNS. The third-order valence-electron chi connectivity index (χ3n) is 1.45. The van der Waals surface area contributed by atoms with Crippen molar-refractivity contribution >= 4 is 27.3 Å². The Labute approximate surface area is 73.6 Å². The molecule has 0 bridgehead atoms. The van der Waals surface area contributed by atoms with Gasteiger partial charge in [-0.3, -0.25) is 0 Å². The van der Waals surface area contributed by atoms with Gasteiger partial charge < -0.3 is 5.32 Å². The molecule has 1 nitrogen and oxygen atoms in total. The van der Waals surface area contributed by atoms with Crippen LogP contribution in [0, 0.1) is 0 Å². The van der Waals surface area contributed by atoms with Gasteiger partial charge in [0.05, 0.1) is 0 Å². The van der Waals surface area contributed by atoms with E-state index in [1.807, 2.05) is 7.05 Å². The van der Waals surface area contributed by atoms with Crippen LogP contribution in [0.1, 0.15) is 17.8 Å². The van der Waals surface area contributed by atoms with Crippen LogP contribution in [-0.4, -0.2) is 7.05 Å². The summed E-state index contributed by atoms with van der Waals surface area (Å²) in [5, 5.41) is 5.28. The highest BCUT2D eigenvalue weighted by Gasteiger charge is 2.03. The summed E-state index contributed by atoms with van der Waals surface area (Å²) in [5.74, 6) is 0. The van der Waals surface area contributed by atoms with E-state index in [-0.39, 0.29) is 0 Å². The summed E-state index contributed by atoms with van der Waals surface area (Å²) >= 11 is 5.19. The third-order valence-corrected chi connectivity index (χ3v) is 3.32. The molecule has 0 fully saturated rings. The van der Waals surface area contributed by atoms with E-state index in [0.29, 0.717) is 6.04 Å². The van der Waals surface area contributed by atoms with Crippen molar-refractivity contribution in [2.45, 2.75) is 13.0 Å². The second-order valence-corrected chi connectivity index (χ2v) is 4.04. The molecule has 10 heavy (non-hydrogen) atoms. The van der Waals surface area contributed by atoms with Gasteiger partial charge in [-0.05, 0) is 36.0 Å². The zero-order chi connectivity index (χ0) is 7.56. The maximum Gasteiger partial charge on any atom is 0.0384 e. The van der Waals surface area contributed by atoms with Crippen LogP contribution in [0.25, 0.3) is 0 Å². The molecule has 1 atom stereocenters. The van der Waals surface area contributed by atoms with E-state index in [9.17, 15) is 0 Å². The summed E-state index contributed by atoms with van der Waals surface area (Å²) in [6.07, 6.45) is 0. The van der Waals surface area contributed by atoms with E-state index in [1.54, 1.807) is 11.3 Å². The fraction of sp³-hybridized carbons (Fsp3) is 0.429. The van der Waals surface area contributed by atoms with Crippen molar-refractivity contribution in [3.63, 3.8) is 0 Å². The van der Waals surface area contributed by atoms with Gasteiger partial charge in [0.15, 0.2) is 0 Å². The fourth-order valence-corrected chi connectivity index (χ4v) is 2.21. The minimum Gasteiger partial charge on any atom is -0.313 e. The maximum atomic E-state index is 3.41. The highest BCUT2D eigenvalue weighted by Crippen LogP contribution is 2.24. The maximum absolute atomic E-state index is 3.41. The number of thiophene rings is 1. The number of hydrogen-bond acceptors (Lipinski definition) is 2. The molecule has 0 aliphatic heterocycles. The number of rotatable bonds is 2. The predicted octanol–water partition coefficient (Wildman–Crippen LogP) is 2.79. The Morgan fingerprint density at radius 1 is 1.70 bits per heavy atom. The normalized spacial score (nSPS) is 13.5. The van der Waals surface area contributed by atoms with Gasteiger partial charge in [-0.2, -0.15) is 0 Å². The van der Waals surface area contributed by atoms with E-state index in [0.717, 1.165) is 0 Å². The van der Waals surface area contributed by atoms with E-state index in [2.05, 4.69) is 39.6 Å². The Bertz CT molecular complexity index is 209. The van der Waals surface area contributed by atoms with Crippen LogP contribution < -0.4 is 5.32 Å². The first-order valence-corrected chi connectivity index (χ1v) is 4.82. The Hall–Kier alpha value is 0.140. The molecule has 0 amide bonds. The number of hydrogen-bond donors (Lipinski definition) is 1. The van der Waals surface area contributed by atoms with Gasteiger partial charge in [-0.15, -0.1) is 11.3 Å². The van der Waals surface area contributed by atoms with Crippen molar-refractivity contribution in [2.24, 2.45) is 0 Å². The second-order valence-electron chi connectivity index (χ2n) is 2.18. The summed E-state index contributed by atoms with van der Waals surface area (Å²) in [7, 11) is 1.97. The van der Waals surface area contributed by atoms with Crippen molar-refractivity contribution in [3.05, 3.63) is 20.8 Å². The van der Waals surface area contributed by atoms with E-state index < -0.39 is 0 Å². The van der Waals surface area contributed by atoms with E-state index in [1.165, 1.54) is 9.35 Å². The van der Waals surface area contributed by atoms with Crippen molar-refractivity contribution in [1.29, 1.82) is 0 Å². The van der Waals surface area contributed by atoms with Crippen LogP contribution >= 0.6 is 27.3 Å². The highest BCUT2D eigenvalue weighted by molar-refractivity contribution is 9.10. The lowest BCUT2D eigenvalue weighted by atomic mass is 10.3. The average Bonchev–Trinajstić information content (AvgIpc) is 2.34. The topological polar surface area (TPSA) is 12.0 Å². The molecule has 0 saturated carbocycles. The molecular weight excluding hydrogens is 210 g/mol. The Morgan fingerprint density at radius 2 is 2.40 bits per heavy atom. The lowest BCUT2D eigenvalue weighted by molar-refractivity contribution is 0.664. The van der Waals surface area contributed by atoms with Crippen molar-refractivity contribution in [1.82, 2.24) is 5.32 Å². The molecule has 0 radical (unpaired) electrons. The molecule has 0 aliphatic carbocycles. The molecule has 1 rings (SSSR count). The first-order valence-electron chi connectivity index (χ1n) is 3.15. The number of halogens is 1. The molecule has 0 unspecified atom stereocenters. The SMILES string of the molecule is CN[C@@H](C)c1cc(Br)cs1. The van der Waals surface area contributed by atoms with Gasteiger partial charge >= 0.3 is 0 Å². The smallest absolute Gasteiger partial charge is 0.0384 e. The summed E-state index contributed by atoms with van der Waals surface area (Å²) in [6.45, 7) is 2.15. The van der Waals surface area contributed by atoms with Crippen LogP contribution in [0.4, 0.5) is 0 Å². The Kier molecular flexibility index (Phi) is 2.89. The molecule has 0 aliphatic rings. The average molecular weight is 220 g/mol. The molecule has 0 aromatic carbocycles. The van der Waals surface area contributed by atoms with Gasteiger partial charge in [0.1, 0.15) is 0 Å². The molecule has 1 N–H and O–H groups in total. The van der Waals surface area contributed by atoms with Crippen LogP contribution in [-0.2, 0) is 0 Å². The highest BCUT2D eigenvalue weighted by atomic mass is 79.9. The zero-order valence-corrected chi connectivity index (χ0v) is 8.42. The molecule has 0 saturated heterocycles. The minimum absolute atomic E-state index is 0.469. The zero-order valence-electron chi connectivity index (χ0n) is 6.02. The lowest BCUT2D eigenvalue weighted by Gasteiger charge is -2.05. The molecule has 0 spiro atoms. The van der Waals surface area contributed by atoms with Crippen molar-refractivity contribution in [3.8, 4) is 0 Å². The van der Waals surface area contributed by atoms with Crippen molar-refractivity contribution < 1.29 is 0 Å².